The van der Waals surface area contributed by atoms with Gasteiger partial charge >= 0.3 is 5.69 Å². The van der Waals surface area contributed by atoms with Crippen LogP contribution in [0.4, 0.5) is 5.82 Å². The maximum Gasteiger partial charge on any atom is 0.332 e. The van der Waals surface area contributed by atoms with E-state index in [1.165, 1.54) is 15.5 Å². The highest BCUT2D eigenvalue weighted by atomic mass is 16.2. The van der Waals surface area contributed by atoms with Crippen molar-refractivity contribution in [2.75, 3.05) is 5.73 Å². The zero-order valence-electron chi connectivity index (χ0n) is 20.2. The van der Waals surface area contributed by atoms with E-state index in [9.17, 15) is 9.59 Å². The van der Waals surface area contributed by atoms with Crippen LogP contribution in [0.1, 0.15) is 52.7 Å². The standard InChI is InChI=1S/C22H31N9O2/c1-28-14-27-20-17(28)21(32)31(22(33)29(20)2)12-10-8-6-4-3-5-7-9-11-30-15-26-16-18(23)24-13-25-19(16)30/h13-15H,3-12H2,1-2H3,(H2,23,24,25)/i15D. The highest BCUT2D eigenvalue weighted by molar-refractivity contribution is 5.81. The summed E-state index contributed by atoms with van der Waals surface area (Å²) in [4.78, 5) is 41.7. The number of fused-ring (bicyclic) bond motifs is 2. The molecule has 0 fully saturated rings. The van der Waals surface area contributed by atoms with Crippen molar-refractivity contribution >= 4 is 28.1 Å². The molecule has 4 heterocycles. The number of aromatic nitrogens is 8. The van der Waals surface area contributed by atoms with Gasteiger partial charge in [-0.3, -0.25) is 13.9 Å². The molecule has 0 aliphatic rings. The molecule has 4 aromatic rings. The first-order valence-electron chi connectivity index (χ1n) is 11.9. The lowest BCUT2D eigenvalue weighted by Crippen LogP contribution is -2.39. The molecule has 0 saturated heterocycles. The van der Waals surface area contributed by atoms with Crippen LogP contribution >= 0.6 is 0 Å². The number of hydrogen-bond acceptors (Lipinski definition) is 7. The van der Waals surface area contributed by atoms with E-state index in [-0.39, 0.29) is 17.6 Å². The van der Waals surface area contributed by atoms with Crippen molar-refractivity contribution in [1.82, 2.24) is 38.2 Å². The second-order valence-electron chi connectivity index (χ2n) is 8.45. The SMILES string of the molecule is [2H]c1nc2c(N)ncnc2n1CCCCCCCCCCn1c(=O)c2c(ncn2C)n(C)c1=O. The predicted octanol–water partition coefficient (Wildman–Crippen LogP) is 1.98. The number of nitrogens with two attached hydrogens (primary N) is 1. The van der Waals surface area contributed by atoms with Gasteiger partial charge in [0.1, 0.15) is 13.2 Å². The molecule has 4 aromatic heterocycles. The lowest BCUT2D eigenvalue weighted by molar-refractivity contribution is 0.511. The fourth-order valence-corrected chi connectivity index (χ4v) is 4.19. The first-order valence-corrected chi connectivity index (χ1v) is 11.4. The quantitative estimate of drug-likeness (QED) is 0.343. The molecular weight excluding hydrogens is 422 g/mol. The summed E-state index contributed by atoms with van der Waals surface area (Å²) in [6.45, 7) is 1.12. The molecule has 0 spiro atoms. The molecule has 4 rings (SSSR count). The minimum Gasteiger partial charge on any atom is -0.382 e. The van der Waals surface area contributed by atoms with Crippen LogP contribution in [-0.2, 0) is 27.2 Å². The Hall–Kier alpha value is -3.50. The molecule has 0 atom stereocenters. The Morgan fingerprint density at radius 1 is 0.879 bits per heavy atom. The van der Waals surface area contributed by atoms with E-state index >= 15 is 0 Å². The summed E-state index contributed by atoms with van der Waals surface area (Å²) in [6, 6.07) is 0. The summed E-state index contributed by atoms with van der Waals surface area (Å²) in [5.74, 6) is 0.306. The monoisotopic (exact) mass is 454 g/mol. The normalized spacial score (nSPS) is 12.1. The fourth-order valence-electron chi connectivity index (χ4n) is 4.19. The Labute approximate surface area is 192 Å². The van der Waals surface area contributed by atoms with E-state index < -0.39 is 0 Å². The van der Waals surface area contributed by atoms with Crippen molar-refractivity contribution in [2.24, 2.45) is 14.1 Å². The molecule has 11 nitrogen and oxygen atoms in total. The first-order chi connectivity index (χ1) is 16.4. The minimum atomic E-state index is -0.313. The van der Waals surface area contributed by atoms with Crippen LogP contribution in [0.2, 0.25) is 0 Å². The van der Waals surface area contributed by atoms with Crippen LogP contribution in [0.15, 0.2) is 28.5 Å². The van der Waals surface area contributed by atoms with Crippen molar-refractivity contribution < 1.29 is 1.37 Å². The van der Waals surface area contributed by atoms with E-state index in [0.29, 0.717) is 41.2 Å². The lowest BCUT2D eigenvalue weighted by atomic mass is 10.1. The summed E-state index contributed by atoms with van der Waals surface area (Å²) in [7, 11) is 3.41. The van der Waals surface area contributed by atoms with Crippen molar-refractivity contribution in [2.45, 2.75) is 64.5 Å². The third kappa shape index (κ3) is 4.67. The zero-order valence-corrected chi connectivity index (χ0v) is 19.2. The number of rotatable bonds is 11. The molecule has 11 heteroatoms. The highest BCUT2D eigenvalue weighted by Gasteiger charge is 2.14. The van der Waals surface area contributed by atoms with Gasteiger partial charge in [-0.1, -0.05) is 38.5 Å². The maximum absolute atomic E-state index is 12.7. The van der Waals surface area contributed by atoms with Crippen molar-refractivity contribution in [3.8, 4) is 0 Å². The summed E-state index contributed by atoms with van der Waals surface area (Å²) in [5, 5.41) is 0. The number of anilines is 1. The second-order valence-corrected chi connectivity index (χ2v) is 8.45. The van der Waals surface area contributed by atoms with Crippen LogP contribution in [-0.4, -0.2) is 38.2 Å². The average Bonchev–Trinajstić information content (AvgIpc) is 3.36. The van der Waals surface area contributed by atoms with Gasteiger partial charge in [0.15, 0.2) is 22.6 Å². The smallest absolute Gasteiger partial charge is 0.332 e. The van der Waals surface area contributed by atoms with E-state index in [0.717, 1.165) is 51.4 Å². The molecule has 33 heavy (non-hydrogen) atoms. The molecule has 0 aliphatic carbocycles. The largest absolute Gasteiger partial charge is 0.382 e. The van der Waals surface area contributed by atoms with Gasteiger partial charge in [-0.25, -0.2) is 24.7 Å². The van der Waals surface area contributed by atoms with Crippen LogP contribution in [0.3, 0.4) is 0 Å². The Morgan fingerprint density at radius 2 is 1.55 bits per heavy atom. The number of unbranched alkanes of at least 4 members (excludes halogenated alkanes) is 7. The summed E-state index contributed by atoms with van der Waals surface area (Å²) >= 11 is 0. The van der Waals surface area contributed by atoms with Gasteiger partial charge in [0.25, 0.3) is 5.56 Å². The highest BCUT2D eigenvalue weighted by Crippen LogP contribution is 2.16. The Bertz CT molecular complexity index is 1420. The van der Waals surface area contributed by atoms with Crippen molar-refractivity contribution in [3.63, 3.8) is 0 Å². The lowest BCUT2D eigenvalue weighted by Gasteiger charge is -2.08. The molecule has 0 radical (unpaired) electrons. The molecular formula is C22H31N9O2. The van der Waals surface area contributed by atoms with E-state index in [2.05, 4.69) is 19.9 Å². The third-order valence-corrected chi connectivity index (χ3v) is 6.08. The summed E-state index contributed by atoms with van der Waals surface area (Å²) in [5.41, 5.74) is 7.22. The van der Waals surface area contributed by atoms with Crippen LogP contribution in [0, 0.1) is 0 Å². The molecule has 0 bridgehead atoms. The van der Waals surface area contributed by atoms with Gasteiger partial charge in [-0.05, 0) is 12.8 Å². The van der Waals surface area contributed by atoms with E-state index in [1.807, 2.05) is 0 Å². The Balaban J connectivity index is 1.16. The number of nitrogen functional groups attached to an aromatic ring is 1. The molecule has 0 aliphatic heterocycles. The van der Waals surface area contributed by atoms with Gasteiger partial charge in [-0.15, -0.1) is 0 Å². The van der Waals surface area contributed by atoms with Gasteiger partial charge in [0.2, 0.25) is 0 Å². The number of hydrogen-bond donors (Lipinski definition) is 1. The van der Waals surface area contributed by atoms with Crippen LogP contribution in [0.5, 0.6) is 0 Å². The number of aryl methyl sites for hydroxylation is 3. The van der Waals surface area contributed by atoms with Crippen LogP contribution < -0.4 is 17.0 Å². The van der Waals surface area contributed by atoms with Crippen molar-refractivity contribution in [3.05, 3.63) is 39.8 Å². The van der Waals surface area contributed by atoms with Gasteiger partial charge in [0, 0.05) is 27.2 Å². The molecule has 176 valence electrons. The second kappa shape index (κ2) is 9.97. The Morgan fingerprint density at radius 3 is 2.27 bits per heavy atom. The summed E-state index contributed by atoms with van der Waals surface area (Å²) < 4.78 is 14.2. The Kier molecular flexibility index (Phi) is 6.45. The minimum absolute atomic E-state index is 0.165. The van der Waals surface area contributed by atoms with E-state index in [4.69, 9.17) is 7.10 Å². The third-order valence-electron chi connectivity index (χ3n) is 6.08. The van der Waals surface area contributed by atoms with Crippen LogP contribution in [0.25, 0.3) is 22.3 Å². The number of nitrogens with zero attached hydrogens (tertiary/aromatic N) is 8. The molecule has 0 amide bonds. The maximum atomic E-state index is 12.7. The molecule has 0 unspecified atom stereocenters. The number of imidazole rings is 2. The van der Waals surface area contributed by atoms with Gasteiger partial charge in [-0.2, -0.15) is 0 Å². The van der Waals surface area contributed by atoms with Gasteiger partial charge in [0.05, 0.1) is 12.6 Å². The molecule has 0 saturated carbocycles. The zero-order chi connectivity index (χ0) is 24.2. The summed E-state index contributed by atoms with van der Waals surface area (Å²) in [6.07, 6.45) is 11.4. The fraction of sp³-hybridized carbons (Fsp3) is 0.545. The van der Waals surface area contributed by atoms with Crippen molar-refractivity contribution in [1.29, 1.82) is 0 Å². The van der Waals surface area contributed by atoms with E-state index in [1.54, 1.807) is 29.6 Å². The topological polar surface area (TPSA) is 131 Å². The molecule has 2 N–H and O–H groups in total. The average molecular weight is 455 g/mol. The predicted molar refractivity (Wildman–Crippen MR) is 127 cm³/mol. The first kappa shape index (κ1) is 21.4. The van der Waals surface area contributed by atoms with Gasteiger partial charge < -0.3 is 14.9 Å². The molecule has 0 aromatic carbocycles.